The fraction of sp³-hybridized carbons (Fsp3) is 0.296. The summed E-state index contributed by atoms with van der Waals surface area (Å²) in [4.78, 5) is 29.8. The van der Waals surface area contributed by atoms with E-state index in [0.29, 0.717) is 59.0 Å². The van der Waals surface area contributed by atoms with Crippen molar-refractivity contribution in [2.45, 2.75) is 31.5 Å². The van der Waals surface area contributed by atoms with Crippen molar-refractivity contribution in [3.05, 3.63) is 66.5 Å². The van der Waals surface area contributed by atoms with Gasteiger partial charge in [0, 0.05) is 49.2 Å². The maximum atomic E-state index is 15.0. The maximum Gasteiger partial charge on any atom is 0.260 e. The van der Waals surface area contributed by atoms with Crippen LogP contribution in [0, 0.1) is 17.1 Å². The Balaban J connectivity index is 1.48. The molecule has 1 aliphatic heterocycles. The fourth-order valence-corrected chi connectivity index (χ4v) is 5.01. The molecule has 0 radical (unpaired) electrons. The second-order valence-corrected chi connectivity index (χ2v) is 9.56. The van der Waals surface area contributed by atoms with Gasteiger partial charge in [-0.2, -0.15) is 5.26 Å². The van der Waals surface area contributed by atoms with Crippen LogP contribution < -0.4 is 4.90 Å². The van der Waals surface area contributed by atoms with Gasteiger partial charge in [-0.25, -0.2) is 23.7 Å². The molecule has 1 saturated carbocycles. The molecule has 186 valence electrons. The van der Waals surface area contributed by atoms with E-state index in [1.165, 1.54) is 12.4 Å². The molecule has 10 heteroatoms. The molecule has 1 aromatic carbocycles. The summed E-state index contributed by atoms with van der Waals surface area (Å²) in [6, 6.07) is 11.7. The van der Waals surface area contributed by atoms with Crippen molar-refractivity contribution in [3.63, 3.8) is 0 Å². The van der Waals surface area contributed by atoms with Crippen molar-refractivity contribution >= 4 is 22.8 Å². The standard InChI is InChI=1S/C27H23F2N7O/c1-17-14-34(26(37)27(29)7-8-27)10-11-35(17)24-23-20(19-4-2-3-5-21(19)28)15-36(25(23)33-16-32-24)22-12-18(13-30)6-9-31-22/h2-6,9,12,15-17H,7-8,10-11,14H2,1H3. The molecule has 37 heavy (non-hydrogen) atoms. The predicted molar refractivity (Wildman–Crippen MR) is 133 cm³/mol. The number of pyridine rings is 1. The van der Waals surface area contributed by atoms with Gasteiger partial charge in [-0.15, -0.1) is 0 Å². The summed E-state index contributed by atoms with van der Waals surface area (Å²) in [6.07, 6.45) is 5.31. The van der Waals surface area contributed by atoms with E-state index in [4.69, 9.17) is 0 Å². The Labute approximate surface area is 211 Å². The van der Waals surface area contributed by atoms with Gasteiger partial charge in [-0.1, -0.05) is 18.2 Å². The summed E-state index contributed by atoms with van der Waals surface area (Å²) in [5.74, 6) is 0.238. The lowest BCUT2D eigenvalue weighted by molar-refractivity contribution is -0.138. The van der Waals surface area contributed by atoms with Gasteiger partial charge in [0.1, 0.15) is 23.8 Å². The maximum absolute atomic E-state index is 15.0. The summed E-state index contributed by atoms with van der Waals surface area (Å²) in [5.41, 5.74) is 0.207. The van der Waals surface area contributed by atoms with Gasteiger partial charge in [-0.3, -0.25) is 9.36 Å². The lowest BCUT2D eigenvalue weighted by Crippen LogP contribution is -2.56. The van der Waals surface area contributed by atoms with E-state index >= 15 is 4.39 Å². The Hall–Kier alpha value is -4.39. The van der Waals surface area contributed by atoms with Crippen LogP contribution in [0.25, 0.3) is 28.0 Å². The number of rotatable bonds is 4. The van der Waals surface area contributed by atoms with Crippen LogP contribution in [-0.2, 0) is 4.79 Å². The van der Waals surface area contributed by atoms with E-state index in [-0.39, 0.29) is 18.9 Å². The van der Waals surface area contributed by atoms with Crippen LogP contribution in [0.4, 0.5) is 14.6 Å². The Bertz CT molecular complexity index is 1570. The van der Waals surface area contributed by atoms with Gasteiger partial charge in [-0.05, 0) is 38.0 Å². The number of piperazine rings is 1. The number of hydrogen-bond acceptors (Lipinski definition) is 6. The van der Waals surface area contributed by atoms with Gasteiger partial charge in [0.05, 0.1) is 17.0 Å². The number of carbonyl (C=O) groups is 1. The van der Waals surface area contributed by atoms with Crippen molar-refractivity contribution in [1.82, 2.24) is 24.4 Å². The number of amides is 1. The van der Waals surface area contributed by atoms with Crippen LogP contribution in [0.5, 0.6) is 0 Å². The first-order valence-electron chi connectivity index (χ1n) is 12.1. The first kappa shape index (κ1) is 23.0. The largest absolute Gasteiger partial charge is 0.350 e. The van der Waals surface area contributed by atoms with Crippen molar-refractivity contribution in [2.75, 3.05) is 24.5 Å². The molecule has 3 aromatic heterocycles. The van der Waals surface area contributed by atoms with Gasteiger partial charge in [0.25, 0.3) is 5.91 Å². The number of halogens is 2. The molecule has 8 nitrogen and oxygen atoms in total. The smallest absolute Gasteiger partial charge is 0.260 e. The van der Waals surface area contributed by atoms with E-state index in [2.05, 4.69) is 25.9 Å². The van der Waals surface area contributed by atoms with E-state index in [1.54, 1.807) is 52.2 Å². The molecule has 4 aromatic rings. The van der Waals surface area contributed by atoms with Crippen LogP contribution in [0.15, 0.2) is 55.1 Å². The minimum Gasteiger partial charge on any atom is -0.350 e. The summed E-state index contributed by atoms with van der Waals surface area (Å²) in [6.45, 7) is 3.13. The highest BCUT2D eigenvalue weighted by Crippen LogP contribution is 2.42. The number of fused-ring (bicyclic) bond motifs is 1. The van der Waals surface area contributed by atoms with Gasteiger partial charge >= 0.3 is 0 Å². The summed E-state index contributed by atoms with van der Waals surface area (Å²) in [5, 5.41) is 10.0. The van der Waals surface area contributed by atoms with Crippen LogP contribution in [0.2, 0.25) is 0 Å². The van der Waals surface area contributed by atoms with Crippen LogP contribution >= 0.6 is 0 Å². The summed E-state index contributed by atoms with van der Waals surface area (Å²) in [7, 11) is 0. The highest BCUT2D eigenvalue weighted by atomic mass is 19.1. The Morgan fingerprint density at radius 1 is 1.14 bits per heavy atom. The molecule has 6 rings (SSSR count). The highest BCUT2D eigenvalue weighted by Gasteiger charge is 2.53. The van der Waals surface area contributed by atoms with Crippen molar-refractivity contribution in [1.29, 1.82) is 5.26 Å². The molecule has 0 bridgehead atoms. The van der Waals surface area contributed by atoms with E-state index in [1.807, 2.05) is 6.92 Å². The van der Waals surface area contributed by atoms with Crippen molar-refractivity contribution in [3.8, 4) is 23.0 Å². The third-order valence-corrected chi connectivity index (χ3v) is 7.11. The first-order chi connectivity index (χ1) is 17.9. The number of benzene rings is 1. The molecule has 0 spiro atoms. The van der Waals surface area contributed by atoms with E-state index in [0.717, 1.165) is 0 Å². The number of alkyl halides is 1. The molecular weight excluding hydrogens is 476 g/mol. The summed E-state index contributed by atoms with van der Waals surface area (Å²) < 4.78 is 31.2. The molecule has 1 saturated heterocycles. The van der Waals surface area contributed by atoms with Crippen LogP contribution in [-0.4, -0.2) is 61.7 Å². The molecule has 0 N–H and O–H groups in total. The van der Waals surface area contributed by atoms with Gasteiger partial charge in [0.15, 0.2) is 11.3 Å². The molecular formula is C27H23F2N7O. The second kappa shape index (κ2) is 8.62. The zero-order chi connectivity index (χ0) is 25.7. The normalized spacial score (nSPS) is 18.6. The first-order valence-corrected chi connectivity index (χ1v) is 12.1. The van der Waals surface area contributed by atoms with Crippen LogP contribution in [0.1, 0.15) is 25.3 Å². The van der Waals surface area contributed by atoms with Crippen LogP contribution in [0.3, 0.4) is 0 Å². The molecule has 2 aliphatic rings. The number of carbonyl (C=O) groups excluding carboxylic acids is 1. The lowest BCUT2D eigenvalue weighted by Gasteiger charge is -2.41. The predicted octanol–water partition coefficient (Wildman–Crippen LogP) is 4.03. The molecule has 1 amide bonds. The zero-order valence-corrected chi connectivity index (χ0v) is 20.1. The zero-order valence-electron chi connectivity index (χ0n) is 20.1. The SMILES string of the molecule is CC1CN(C(=O)C2(F)CC2)CCN1c1ncnc2c1c(-c1ccccc1F)cn2-c1cc(C#N)ccn1. The summed E-state index contributed by atoms with van der Waals surface area (Å²) >= 11 is 0. The quantitative estimate of drug-likeness (QED) is 0.421. The molecule has 1 aliphatic carbocycles. The lowest BCUT2D eigenvalue weighted by atomic mass is 10.0. The number of aromatic nitrogens is 4. The van der Waals surface area contributed by atoms with Crippen molar-refractivity contribution in [2.24, 2.45) is 0 Å². The third kappa shape index (κ3) is 3.87. The Morgan fingerprint density at radius 2 is 1.95 bits per heavy atom. The van der Waals surface area contributed by atoms with E-state index in [9.17, 15) is 14.4 Å². The average Bonchev–Trinajstić information content (AvgIpc) is 3.56. The average molecular weight is 500 g/mol. The topological polar surface area (TPSA) is 90.9 Å². The number of anilines is 1. The monoisotopic (exact) mass is 499 g/mol. The minimum absolute atomic E-state index is 0.157. The Kier molecular flexibility index (Phi) is 5.37. The minimum atomic E-state index is -1.70. The molecule has 1 unspecified atom stereocenters. The Morgan fingerprint density at radius 3 is 2.68 bits per heavy atom. The van der Waals surface area contributed by atoms with E-state index < -0.39 is 17.4 Å². The number of nitriles is 1. The number of hydrogen-bond donors (Lipinski definition) is 0. The van der Waals surface area contributed by atoms with Gasteiger partial charge in [0.2, 0.25) is 0 Å². The third-order valence-electron chi connectivity index (χ3n) is 7.11. The van der Waals surface area contributed by atoms with Gasteiger partial charge < -0.3 is 9.80 Å². The molecule has 2 fully saturated rings. The molecule has 1 atom stereocenters. The number of nitrogens with zero attached hydrogens (tertiary/aromatic N) is 7. The van der Waals surface area contributed by atoms with Crippen molar-refractivity contribution < 1.29 is 13.6 Å². The second-order valence-electron chi connectivity index (χ2n) is 9.56. The highest BCUT2D eigenvalue weighted by molar-refractivity contribution is 6.02. The molecule has 4 heterocycles. The fourth-order valence-electron chi connectivity index (χ4n) is 5.01.